The Bertz CT molecular complexity index is 1210. The number of pyridine rings is 1. The van der Waals surface area contributed by atoms with E-state index < -0.39 is 5.91 Å². The van der Waals surface area contributed by atoms with E-state index in [1.807, 2.05) is 11.0 Å². The average molecular weight is 414 g/mol. The summed E-state index contributed by atoms with van der Waals surface area (Å²) in [6, 6.07) is 11.2. The predicted molar refractivity (Wildman–Crippen MR) is 115 cm³/mol. The first-order chi connectivity index (χ1) is 15.0. The molecule has 5 rings (SSSR count). The number of nitrogens with two attached hydrogens (primary N) is 1. The molecule has 2 amide bonds. The van der Waals surface area contributed by atoms with Gasteiger partial charge in [0.1, 0.15) is 5.65 Å². The molecule has 2 fully saturated rings. The molecule has 0 radical (unpaired) electrons. The summed E-state index contributed by atoms with van der Waals surface area (Å²) in [4.78, 5) is 34.5. The van der Waals surface area contributed by atoms with Crippen LogP contribution in [0.25, 0.3) is 11.0 Å². The van der Waals surface area contributed by atoms with Crippen LogP contribution >= 0.6 is 0 Å². The molecule has 2 aromatic heterocycles. The van der Waals surface area contributed by atoms with Crippen LogP contribution in [-0.2, 0) is 0 Å². The summed E-state index contributed by atoms with van der Waals surface area (Å²) in [5.41, 5.74) is 8.40. The van der Waals surface area contributed by atoms with Crippen molar-refractivity contribution in [1.82, 2.24) is 14.9 Å². The van der Waals surface area contributed by atoms with Gasteiger partial charge in [-0.2, -0.15) is 5.26 Å². The van der Waals surface area contributed by atoms with Gasteiger partial charge >= 0.3 is 0 Å². The second kappa shape index (κ2) is 7.43. The maximum absolute atomic E-state index is 13.2. The Hall–Kier alpha value is -3.86. The van der Waals surface area contributed by atoms with Gasteiger partial charge in [-0.15, -0.1) is 0 Å². The van der Waals surface area contributed by atoms with E-state index in [1.54, 1.807) is 30.5 Å². The highest BCUT2D eigenvalue weighted by Crippen LogP contribution is 2.39. The molecule has 31 heavy (non-hydrogen) atoms. The molecule has 2 saturated heterocycles. The number of fused-ring (bicyclic) bond motifs is 3. The molecule has 2 aliphatic rings. The molecule has 4 heterocycles. The zero-order chi connectivity index (χ0) is 21.5. The molecule has 8 nitrogen and oxygen atoms in total. The topological polar surface area (TPSA) is 128 Å². The molecule has 4 N–H and O–H groups in total. The number of nitrogens with zero attached hydrogens (tertiary/aromatic N) is 3. The van der Waals surface area contributed by atoms with Gasteiger partial charge in [-0.05, 0) is 49.9 Å². The van der Waals surface area contributed by atoms with Crippen LogP contribution in [0, 0.1) is 11.3 Å². The second-order valence-electron chi connectivity index (χ2n) is 8.25. The van der Waals surface area contributed by atoms with Crippen molar-refractivity contribution in [3.8, 4) is 6.07 Å². The maximum atomic E-state index is 13.2. The highest BCUT2D eigenvalue weighted by Gasteiger charge is 2.43. The standard InChI is InChI=1S/C23H22N6O2/c24-11-13-2-1-3-14(8-13)23(31)29-16-4-5-17(29)10-15(9-16)28-20-18-6-7-26-22(18)27-12-19(20)21(25)30/h1-3,6-8,12,15-17H,4-5,9-10H2,(H2,25,30)(H2,26,27,28)/t15-,16-,17+. The van der Waals surface area contributed by atoms with Crippen LogP contribution in [0.4, 0.5) is 5.69 Å². The van der Waals surface area contributed by atoms with Crippen molar-refractivity contribution in [2.75, 3.05) is 5.32 Å². The van der Waals surface area contributed by atoms with Gasteiger partial charge in [0, 0.05) is 41.5 Å². The molecular formula is C23H22N6O2. The van der Waals surface area contributed by atoms with Crippen molar-refractivity contribution >= 4 is 28.5 Å². The Morgan fingerprint density at radius 1 is 1.23 bits per heavy atom. The van der Waals surface area contributed by atoms with Gasteiger partial charge in [-0.1, -0.05) is 6.07 Å². The minimum absolute atomic E-state index is 0.0159. The predicted octanol–water partition coefficient (Wildman–Crippen LogP) is 2.78. The molecule has 156 valence electrons. The molecule has 3 aromatic rings. The van der Waals surface area contributed by atoms with Crippen LogP contribution in [-0.4, -0.2) is 44.8 Å². The number of aromatic nitrogens is 2. The number of hydrogen-bond donors (Lipinski definition) is 3. The second-order valence-corrected chi connectivity index (χ2v) is 8.25. The first-order valence-corrected chi connectivity index (χ1v) is 10.4. The zero-order valence-electron chi connectivity index (χ0n) is 16.8. The molecule has 1 aromatic carbocycles. The lowest BCUT2D eigenvalue weighted by molar-refractivity contribution is 0.0583. The van der Waals surface area contributed by atoms with Gasteiger partial charge < -0.3 is 20.9 Å². The van der Waals surface area contributed by atoms with Crippen molar-refractivity contribution < 1.29 is 9.59 Å². The SMILES string of the molecule is N#Cc1cccc(C(=O)N2[C@@H]3CC[C@H]2C[C@H](Nc2c(C(N)=O)cnc4[nH]ccc24)C3)c1. The lowest BCUT2D eigenvalue weighted by Gasteiger charge is -2.40. The summed E-state index contributed by atoms with van der Waals surface area (Å²) in [7, 11) is 0. The number of nitrogens with one attached hydrogen (secondary N) is 2. The summed E-state index contributed by atoms with van der Waals surface area (Å²) in [5.74, 6) is -0.538. The molecule has 0 aliphatic carbocycles. The Balaban J connectivity index is 1.39. The third-order valence-electron chi connectivity index (χ3n) is 6.41. The van der Waals surface area contributed by atoms with Gasteiger partial charge in [0.25, 0.3) is 11.8 Å². The molecule has 2 aliphatic heterocycles. The lowest BCUT2D eigenvalue weighted by Crippen LogP contribution is -2.49. The summed E-state index contributed by atoms with van der Waals surface area (Å²) >= 11 is 0. The number of piperidine rings is 1. The number of nitriles is 1. The Labute approximate surface area is 179 Å². The van der Waals surface area contributed by atoms with Gasteiger partial charge in [0.2, 0.25) is 0 Å². The number of carbonyl (C=O) groups excluding carboxylic acids is 2. The summed E-state index contributed by atoms with van der Waals surface area (Å²) in [6.07, 6.45) is 6.75. The van der Waals surface area contributed by atoms with Gasteiger partial charge in [-0.3, -0.25) is 9.59 Å². The van der Waals surface area contributed by atoms with Crippen molar-refractivity contribution in [1.29, 1.82) is 5.26 Å². The maximum Gasteiger partial charge on any atom is 0.254 e. The number of carbonyl (C=O) groups is 2. The summed E-state index contributed by atoms with van der Waals surface area (Å²) < 4.78 is 0. The van der Waals surface area contributed by atoms with E-state index in [0.29, 0.717) is 28.0 Å². The monoisotopic (exact) mass is 414 g/mol. The average Bonchev–Trinajstić information content (AvgIpc) is 3.36. The van der Waals surface area contributed by atoms with Gasteiger partial charge in [0.05, 0.1) is 22.9 Å². The zero-order valence-corrected chi connectivity index (χ0v) is 16.8. The third kappa shape index (κ3) is 3.28. The summed E-state index contributed by atoms with van der Waals surface area (Å²) in [6.45, 7) is 0. The number of benzene rings is 1. The fourth-order valence-corrected chi connectivity index (χ4v) is 5.05. The van der Waals surface area contributed by atoms with E-state index >= 15 is 0 Å². The largest absolute Gasteiger partial charge is 0.381 e. The Morgan fingerprint density at radius 2 is 2.00 bits per heavy atom. The molecule has 2 bridgehead atoms. The van der Waals surface area contributed by atoms with E-state index in [0.717, 1.165) is 31.1 Å². The van der Waals surface area contributed by atoms with Crippen LogP contribution < -0.4 is 11.1 Å². The number of aromatic amines is 1. The van der Waals surface area contributed by atoms with Crippen molar-refractivity contribution in [2.24, 2.45) is 5.73 Å². The molecule has 0 saturated carbocycles. The smallest absolute Gasteiger partial charge is 0.254 e. The summed E-state index contributed by atoms with van der Waals surface area (Å²) in [5, 5.41) is 13.5. The van der Waals surface area contributed by atoms with E-state index in [2.05, 4.69) is 21.4 Å². The number of hydrogen-bond acceptors (Lipinski definition) is 5. The minimum atomic E-state index is -0.522. The van der Waals surface area contributed by atoms with Crippen molar-refractivity contribution in [3.05, 3.63) is 59.4 Å². The van der Waals surface area contributed by atoms with E-state index in [4.69, 9.17) is 11.0 Å². The Morgan fingerprint density at radius 3 is 2.71 bits per heavy atom. The molecular weight excluding hydrogens is 392 g/mol. The van der Waals surface area contributed by atoms with Crippen LogP contribution in [0.3, 0.4) is 0 Å². The van der Waals surface area contributed by atoms with E-state index in [-0.39, 0.29) is 24.0 Å². The highest BCUT2D eigenvalue weighted by molar-refractivity contribution is 6.06. The molecule has 8 heteroatoms. The van der Waals surface area contributed by atoms with E-state index in [9.17, 15) is 9.59 Å². The van der Waals surface area contributed by atoms with Gasteiger partial charge in [-0.25, -0.2) is 4.98 Å². The van der Waals surface area contributed by atoms with Gasteiger partial charge in [0.15, 0.2) is 0 Å². The fourth-order valence-electron chi connectivity index (χ4n) is 5.05. The number of rotatable bonds is 4. The van der Waals surface area contributed by atoms with Crippen molar-refractivity contribution in [2.45, 2.75) is 43.8 Å². The van der Waals surface area contributed by atoms with Crippen LogP contribution in [0.5, 0.6) is 0 Å². The van der Waals surface area contributed by atoms with Crippen LogP contribution in [0.2, 0.25) is 0 Å². The van der Waals surface area contributed by atoms with Crippen LogP contribution in [0.15, 0.2) is 42.7 Å². The third-order valence-corrected chi connectivity index (χ3v) is 6.41. The van der Waals surface area contributed by atoms with Crippen LogP contribution in [0.1, 0.15) is 52.0 Å². The quantitative estimate of drug-likeness (QED) is 0.605. The lowest BCUT2D eigenvalue weighted by atomic mass is 9.95. The fraction of sp³-hybridized carbons (Fsp3) is 0.304. The number of anilines is 1. The molecule has 0 spiro atoms. The molecule has 3 atom stereocenters. The number of H-pyrrole nitrogens is 1. The minimum Gasteiger partial charge on any atom is -0.381 e. The Kier molecular flexibility index (Phi) is 4.59. The highest BCUT2D eigenvalue weighted by atomic mass is 16.2. The first kappa shape index (κ1) is 19.1. The number of amides is 2. The van der Waals surface area contributed by atoms with Crippen molar-refractivity contribution in [3.63, 3.8) is 0 Å². The first-order valence-electron chi connectivity index (χ1n) is 10.4. The molecule has 0 unspecified atom stereocenters. The number of primary amides is 1. The normalized spacial score (nSPS) is 22.3. The van der Waals surface area contributed by atoms with E-state index in [1.165, 1.54) is 6.20 Å².